The van der Waals surface area contributed by atoms with E-state index in [1.165, 1.54) is 38.8 Å². The number of halogens is 1. The van der Waals surface area contributed by atoms with Gasteiger partial charge in [-0.2, -0.15) is 0 Å². The number of likely N-dealkylation sites (tertiary alicyclic amines) is 1. The second-order valence-electron chi connectivity index (χ2n) is 5.46. The van der Waals surface area contributed by atoms with Crippen LogP contribution in [0.3, 0.4) is 0 Å². The summed E-state index contributed by atoms with van der Waals surface area (Å²) in [5.41, 5.74) is 0. The summed E-state index contributed by atoms with van der Waals surface area (Å²) in [6.07, 6.45) is 7.14. The van der Waals surface area contributed by atoms with Crippen LogP contribution in [0.5, 0.6) is 0 Å². The number of furan rings is 1. The zero-order valence-electron chi connectivity index (χ0n) is 13.5. The lowest BCUT2D eigenvalue weighted by Gasteiger charge is -2.20. The lowest BCUT2D eigenvalue weighted by molar-refractivity contribution is 0.289. The smallest absolute Gasteiger partial charge is 0.191 e. The van der Waals surface area contributed by atoms with Gasteiger partial charge in [0.15, 0.2) is 5.96 Å². The lowest BCUT2D eigenvalue weighted by atomic mass is 10.2. The SMILES string of the molecule is CCNC(=NCc1ccco1)NCCN1CCCCCC1.I. The molecule has 0 bridgehead atoms. The summed E-state index contributed by atoms with van der Waals surface area (Å²) in [7, 11) is 0. The molecule has 0 spiro atoms. The number of hydrogen-bond donors (Lipinski definition) is 2. The molecule has 2 heterocycles. The highest BCUT2D eigenvalue weighted by molar-refractivity contribution is 14.0. The first-order chi connectivity index (χ1) is 10.4. The zero-order chi connectivity index (χ0) is 14.8. The third kappa shape index (κ3) is 7.49. The minimum atomic E-state index is 0. The molecule has 126 valence electrons. The molecule has 1 saturated heterocycles. The van der Waals surface area contributed by atoms with E-state index in [0.29, 0.717) is 6.54 Å². The van der Waals surface area contributed by atoms with Crippen molar-refractivity contribution in [2.75, 3.05) is 32.7 Å². The van der Waals surface area contributed by atoms with E-state index in [1.54, 1.807) is 6.26 Å². The van der Waals surface area contributed by atoms with E-state index in [0.717, 1.165) is 31.4 Å². The molecular formula is C16H29IN4O. The minimum Gasteiger partial charge on any atom is -0.467 e. The Bertz CT molecular complexity index is 400. The number of nitrogens with one attached hydrogen (secondary N) is 2. The third-order valence-electron chi connectivity index (χ3n) is 3.74. The Balaban J connectivity index is 0.00000242. The molecule has 0 saturated carbocycles. The molecule has 0 atom stereocenters. The molecule has 2 N–H and O–H groups in total. The quantitative estimate of drug-likeness (QED) is 0.422. The van der Waals surface area contributed by atoms with Crippen molar-refractivity contribution in [1.29, 1.82) is 0 Å². The second kappa shape index (κ2) is 11.8. The Labute approximate surface area is 150 Å². The Kier molecular flexibility index (Phi) is 10.3. The van der Waals surface area contributed by atoms with Gasteiger partial charge in [0, 0.05) is 19.6 Å². The fraction of sp³-hybridized carbons (Fsp3) is 0.688. The zero-order valence-corrected chi connectivity index (χ0v) is 15.8. The molecule has 1 aliphatic rings. The largest absolute Gasteiger partial charge is 0.467 e. The highest BCUT2D eigenvalue weighted by atomic mass is 127. The summed E-state index contributed by atoms with van der Waals surface area (Å²) in [6.45, 7) is 8.03. The molecule has 5 nitrogen and oxygen atoms in total. The van der Waals surface area contributed by atoms with Gasteiger partial charge in [-0.15, -0.1) is 24.0 Å². The maximum atomic E-state index is 5.30. The monoisotopic (exact) mass is 420 g/mol. The van der Waals surface area contributed by atoms with Crippen molar-refractivity contribution < 1.29 is 4.42 Å². The average molecular weight is 420 g/mol. The Morgan fingerprint density at radius 2 is 2.00 bits per heavy atom. The first kappa shape index (κ1) is 19.3. The summed E-state index contributed by atoms with van der Waals surface area (Å²) in [5, 5.41) is 6.68. The first-order valence-electron chi connectivity index (χ1n) is 8.15. The molecule has 22 heavy (non-hydrogen) atoms. The maximum Gasteiger partial charge on any atom is 0.191 e. The van der Waals surface area contributed by atoms with E-state index >= 15 is 0 Å². The summed E-state index contributed by atoms with van der Waals surface area (Å²) >= 11 is 0. The van der Waals surface area contributed by atoms with Gasteiger partial charge in [-0.05, 0) is 45.0 Å². The van der Waals surface area contributed by atoms with Crippen molar-refractivity contribution in [3.8, 4) is 0 Å². The lowest BCUT2D eigenvalue weighted by Crippen LogP contribution is -2.41. The Morgan fingerprint density at radius 3 is 2.64 bits per heavy atom. The van der Waals surface area contributed by atoms with E-state index in [1.807, 2.05) is 12.1 Å². The van der Waals surface area contributed by atoms with Gasteiger partial charge in [0.25, 0.3) is 0 Å². The molecule has 1 aromatic rings. The predicted molar refractivity (Wildman–Crippen MR) is 102 cm³/mol. The van der Waals surface area contributed by atoms with Gasteiger partial charge < -0.3 is 20.0 Å². The van der Waals surface area contributed by atoms with Crippen LogP contribution in [0.2, 0.25) is 0 Å². The topological polar surface area (TPSA) is 52.8 Å². The van der Waals surface area contributed by atoms with Crippen molar-refractivity contribution in [2.24, 2.45) is 4.99 Å². The highest BCUT2D eigenvalue weighted by Crippen LogP contribution is 2.08. The van der Waals surface area contributed by atoms with Crippen LogP contribution in [0.15, 0.2) is 27.8 Å². The van der Waals surface area contributed by atoms with Crippen molar-refractivity contribution in [3.63, 3.8) is 0 Å². The van der Waals surface area contributed by atoms with E-state index in [-0.39, 0.29) is 24.0 Å². The van der Waals surface area contributed by atoms with E-state index in [9.17, 15) is 0 Å². The van der Waals surface area contributed by atoms with Crippen LogP contribution in [0.4, 0.5) is 0 Å². The maximum absolute atomic E-state index is 5.30. The Morgan fingerprint density at radius 1 is 1.23 bits per heavy atom. The summed E-state index contributed by atoms with van der Waals surface area (Å²) in [6, 6.07) is 3.84. The normalized spacial score (nSPS) is 16.7. The van der Waals surface area contributed by atoms with E-state index in [2.05, 4.69) is 27.4 Å². The molecule has 0 aliphatic carbocycles. The summed E-state index contributed by atoms with van der Waals surface area (Å²) in [5.74, 6) is 1.75. The van der Waals surface area contributed by atoms with Gasteiger partial charge in [0.1, 0.15) is 12.3 Å². The van der Waals surface area contributed by atoms with Crippen LogP contribution in [-0.4, -0.2) is 43.6 Å². The Hall–Kier alpha value is -0.760. The van der Waals surface area contributed by atoms with Gasteiger partial charge in [0.2, 0.25) is 0 Å². The van der Waals surface area contributed by atoms with Crippen LogP contribution in [-0.2, 0) is 6.54 Å². The summed E-state index contributed by atoms with van der Waals surface area (Å²) < 4.78 is 5.30. The molecule has 1 aliphatic heterocycles. The molecule has 0 amide bonds. The molecule has 0 radical (unpaired) electrons. The van der Waals surface area contributed by atoms with Crippen molar-refractivity contribution in [1.82, 2.24) is 15.5 Å². The van der Waals surface area contributed by atoms with Gasteiger partial charge in [-0.3, -0.25) is 0 Å². The van der Waals surface area contributed by atoms with Crippen LogP contribution < -0.4 is 10.6 Å². The molecule has 6 heteroatoms. The van der Waals surface area contributed by atoms with Gasteiger partial charge in [-0.25, -0.2) is 4.99 Å². The van der Waals surface area contributed by atoms with Gasteiger partial charge >= 0.3 is 0 Å². The molecule has 0 unspecified atom stereocenters. The second-order valence-corrected chi connectivity index (χ2v) is 5.46. The number of rotatable bonds is 6. The van der Waals surface area contributed by atoms with Crippen molar-refractivity contribution >= 4 is 29.9 Å². The van der Waals surface area contributed by atoms with Gasteiger partial charge in [-0.1, -0.05) is 12.8 Å². The van der Waals surface area contributed by atoms with E-state index < -0.39 is 0 Å². The molecular weight excluding hydrogens is 391 g/mol. The standard InChI is InChI=1S/C16H28N4O.HI/c1-2-17-16(19-14-15-8-7-13-21-15)18-9-12-20-10-5-3-4-6-11-20;/h7-8,13H,2-6,9-12,14H2,1H3,(H2,17,18,19);1H. The molecule has 1 fully saturated rings. The molecule has 1 aromatic heterocycles. The summed E-state index contributed by atoms with van der Waals surface area (Å²) in [4.78, 5) is 7.09. The van der Waals surface area contributed by atoms with E-state index in [4.69, 9.17) is 4.42 Å². The third-order valence-corrected chi connectivity index (χ3v) is 3.74. The van der Waals surface area contributed by atoms with Crippen molar-refractivity contribution in [2.45, 2.75) is 39.2 Å². The number of hydrogen-bond acceptors (Lipinski definition) is 3. The van der Waals surface area contributed by atoms with Crippen LogP contribution in [0, 0.1) is 0 Å². The number of guanidine groups is 1. The minimum absolute atomic E-state index is 0. The van der Waals surface area contributed by atoms with Gasteiger partial charge in [0.05, 0.1) is 6.26 Å². The van der Waals surface area contributed by atoms with Crippen LogP contribution >= 0.6 is 24.0 Å². The predicted octanol–water partition coefficient (Wildman–Crippen LogP) is 2.83. The number of aliphatic imine (C=N–C) groups is 1. The first-order valence-corrected chi connectivity index (χ1v) is 8.15. The van der Waals surface area contributed by atoms with Crippen molar-refractivity contribution in [3.05, 3.63) is 24.2 Å². The molecule has 0 aromatic carbocycles. The number of nitrogens with zero attached hydrogens (tertiary/aromatic N) is 2. The van der Waals surface area contributed by atoms with Crippen LogP contribution in [0.1, 0.15) is 38.4 Å². The highest BCUT2D eigenvalue weighted by Gasteiger charge is 2.08. The molecule has 2 rings (SSSR count). The fourth-order valence-corrected chi connectivity index (χ4v) is 2.59. The average Bonchev–Trinajstić information content (AvgIpc) is 2.88. The van der Waals surface area contributed by atoms with Crippen LogP contribution in [0.25, 0.3) is 0 Å². The fourth-order valence-electron chi connectivity index (χ4n) is 2.59.